The highest BCUT2D eigenvalue weighted by Gasteiger charge is 2.21. The normalized spacial score (nSPS) is 11.6. The molecule has 0 unspecified atom stereocenters. The molecule has 0 fully saturated rings. The van der Waals surface area contributed by atoms with E-state index in [4.69, 9.17) is 23.2 Å². The standard InChI is InChI=1S/C27H20Cl2N6O2/c1-12-7-14(26(36)16(9-12)22-18(28)3-5-20-24(22)32-34-30-20)11-15-8-13(2)10-17(27(15)37)23-19(29)4-6-21-25(23)33-35-31-21/h3-10,36-37H,11H2,1-2H3,(H,30,32,34)(H,31,33,35). The van der Waals surface area contributed by atoms with E-state index in [0.717, 1.165) is 11.1 Å². The van der Waals surface area contributed by atoms with Gasteiger partial charge in [-0.25, -0.2) is 0 Å². The predicted molar refractivity (Wildman–Crippen MR) is 144 cm³/mol. The summed E-state index contributed by atoms with van der Waals surface area (Å²) in [7, 11) is 0. The molecule has 0 aliphatic heterocycles. The number of fused-ring (bicyclic) bond motifs is 2. The van der Waals surface area contributed by atoms with Crippen LogP contribution in [0.5, 0.6) is 11.5 Å². The Morgan fingerprint density at radius 1 is 0.676 bits per heavy atom. The van der Waals surface area contributed by atoms with Crippen molar-refractivity contribution in [1.29, 1.82) is 0 Å². The fraction of sp³-hybridized carbons (Fsp3) is 0.111. The van der Waals surface area contributed by atoms with Crippen LogP contribution in [0.1, 0.15) is 22.3 Å². The number of halogens is 2. The Hall–Kier alpha value is -4.14. The summed E-state index contributed by atoms with van der Waals surface area (Å²) in [5.74, 6) is 0.115. The molecule has 0 aliphatic carbocycles. The lowest BCUT2D eigenvalue weighted by molar-refractivity contribution is 0.465. The molecule has 0 amide bonds. The molecule has 2 heterocycles. The van der Waals surface area contributed by atoms with E-state index in [1.54, 1.807) is 24.3 Å². The van der Waals surface area contributed by atoms with E-state index < -0.39 is 0 Å². The molecule has 0 bridgehead atoms. The second-order valence-electron chi connectivity index (χ2n) is 9.08. The van der Waals surface area contributed by atoms with Gasteiger partial charge >= 0.3 is 0 Å². The fourth-order valence-corrected chi connectivity index (χ4v) is 5.36. The first kappa shape index (κ1) is 23.3. The van der Waals surface area contributed by atoms with Gasteiger partial charge in [-0.2, -0.15) is 0 Å². The molecule has 8 nitrogen and oxygen atoms in total. The topological polar surface area (TPSA) is 124 Å². The maximum absolute atomic E-state index is 11.4. The highest BCUT2D eigenvalue weighted by atomic mass is 35.5. The van der Waals surface area contributed by atoms with E-state index in [1.165, 1.54) is 0 Å². The van der Waals surface area contributed by atoms with Crippen molar-refractivity contribution >= 4 is 45.3 Å². The van der Waals surface area contributed by atoms with Crippen LogP contribution < -0.4 is 0 Å². The molecule has 0 radical (unpaired) electrons. The summed E-state index contributed by atoms with van der Waals surface area (Å²) in [5.41, 5.74) is 7.92. The van der Waals surface area contributed by atoms with Gasteiger partial charge in [0.05, 0.1) is 21.1 Å². The quantitative estimate of drug-likeness (QED) is 0.206. The molecule has 4 aromatic carbocycles. The number of phenols is 2. The molecular formula is C27H20Cl2N6O2. The Morgan fingerprint density at radius 3 is 1.54 bits per heavy atom. The SMILES string of the molecule is Cc1cc(Cc2cc(C)cc(-c3c(Cl)ccc4[nH]nnc34)c2O)c(O)c(-c2c(Cl)ccc3[nH]nnc23)c1. The molecule has 0 spiro atoms. The summed E-state index contributed by atoms with van der Waals surface area (Å²) < 4.78 is 0. The van der Waals surface area contributed by atoms with Crippen LogP contribution in [0.25, 0.3) is 44.3 Å². The molecule has 0 saturated heterocycles. The number of aryl methyl sites for hydroxylation is 2. The number of H-pyrrole nitrogens is 2. The molecule has 0 aliphatic rings. The molecule has 10 heteroatoms. The Balaban J connectivity index is 1.51. The van der Waals surface area contributed by atoms with Crippen LogP contribution >= 0.6 is 23.2 Å². The maximum atomic E-state index is 11.4. The van der Waals surface area contributed by atoms with E-state index in [0.29, 0.717) is 65.5 Å². The van der Waals surface area contributed by atoms with Crippen molar-refractivity contribution in [2.45, 2.75) is 20.3 Å². The largest absolute Gasteiger partial charge is 0.507 e. The first-order valence-electron chi connectivity index (χ1n) is 11.5. The molecule has 6 aromatic rings. The average Bonchev–Trinajstić information content (AvgIpc) is 3.53. The van der Waals surface area contributed by atoms with Gasteiger partial charge in [0.2, 0.25) is 0 Å². The van der Waals surface area contributed by atoms with Gasteiger partial charge in [0.25, 0.3) is 0 Å². The Bertz CT molecular complexity index is 1710. The fourth-order valence-electron chi connectivity index (χ4n) is 4.85. The number of benzene rings is 4. The van der Waals surface area contributed by atoms with Crippen LogP contribution in [0.15, 0.2) is 48.5 Å². The summed E-state index contributed by atoms with van der Waals surface area (Å²) in [6.45, 7) is 3.88. The third-order valence-corrected chi connectivity index (χ3v) is 7.11. The van der Waals surface area contributed by atoms with Crippen molar-refractivity contribution in [3.05, 3.63) is 80.8 Å². The summed E-state index contributed by atoms with van der Waals surface area (Å²) in [6.07, 6.45) is 0.264. The first-order chi connectivity index (χ1) is 17.8. The van der Waals surface area contributed by atoms with E-state index >= 15 is 0 Å². The van der Waals surface area contributed by atoms with Gasteiger partial charge in [-0.1, -0.05) is 45.8 Å². The molecule has 0 atom stereocenters. The van der Waals surface area contributed by atoms with Crippen molar-refractivity contribution in [1.82, 2.24) is 30.8 Å². The lowest BCUT2D eigenvalue weighted by Gasteiger charge is -2.16. The van der Waals surface area contributed by atoms with E-state index in [1.807, 2.05) is 38.1 Å². The van der Waals surface area contributed by atoms with Crippen molar-refractivity contribution in [3.63, 3.8) is 0 Å². The molecule has 2 aromatic heterocycles. The van der Waals surface area contributed by atoms with E-state index in [2.05, 4.69) is 30.8 Å². The van der Waals surface area contributed by atoms with Gasteiger partial charge < -0.3 is 10.2 Å². The van der Waals surface area contributed by atoms with Crippen LogP contribution in [0, 0.1) is 13.8 Å². The minimum Gasteiger partial charge on any atom is -0.507 e. The second kappa shape index (κ2) is 8.76. The molecule has 37 heavy (non-hydrogen) atoms. The third-order valence-electron chi connectivity index (χ3n) is 6.48. The number of phenolic OH excluding ortho intramolecular Hbond substituents is 2. The van der Waals surface area contributed by atoms with Crippen molar-refractivity contribution < 1.29 is 10.2 Å². The molecular weight excluding hydrogens is 511 g/mol. The van der Waals surface area contributed by atoms with Crippen molar-refractivity contribution in [2.75, 3.05) is 0 Å². The molecule has 184 valence electrons. The van der Waals surface area contributed by atoms with Gasteiger partial charge in [-0.05, 0) is 72.5 Å². The van der Waals surface area contributed by atoms with E-state index in [9.17, 15) is 10.2 Å². The smallest absolute Gasteiger partial charge is 0.127 e. The Labute approximate surface area is 220 Å². The third kappa shape index (κ3) is 3.85. The Morgan fingerprint density at radius 2 is 1.11 bits per heavy atom. The highest BCUT2D eigenvalue weighted by molar-refractivity contribution is 6.35. The van der Waals surface area contributed by atoms with Crippen LogP contribution in [-0.2, 0) is 6.42 Å². The van der Waals surface area contributed by atoms with Crippen LogP contribution in [0.4, 0.5) is 0 Å². The zero-order valence-corrected chi connectivity index (χ0v) is 21.3. The van der Waals surface area contributed by atoms with Crippen molar-refractivity contribution in [3.8, 4) is 33.8 Å². The minimum atomic E-state index is 0.0575. The number of nitrogens with zero attached hydrogens (tertiary/aromatic N) is 4. The average molecular weight is 531 g/mol. The lowest BCUT2D eigenvalue weighted by atomic mass is 9.91. The summed E-state index contributed by atoms with van der Waals surface area (Å²) in [6, 6.07) is 14.6. The molecule has 4 N–H and O–H groups in total. The van der Waals surface area contributed by atoms with Gasteiger partial charge in [0.15, 0.2) is 0 Å². The van der Waals surface area contributed by atoms with Gasteiger partial charge in [0, 0.05) is 28.7 Å². The number of aromatic amines is 2. The second-order valence-corrected chi connectivity index (χ2v) is 9.89. The minimum absolute atomic E-state index is 0.0575. The van der Waals surface area contributed by atoms with E-state index in [-0.39, 0.29) is 17.9 Å². The number of hydrogen-bond acceptors (Lipinski definition) is 6. The monoisotopic (exact) mass is 530 g/mol. The zero-order chi connectivity index (χ0) is 25.8. The number of nitrogens with one attached hydrogen (secondary N) is 2. The van der Waals surface area contributed by atoms with Crippen LogP contribution in [0.2, 0.25) is 10.0 Å². The summed E-state index contributed by atoms with van der Waals surface area (Å²) in [5, 5.41) is 45.5. The van der Waals surface area contributed by atoms with Gasteiger partial charge in [-0.15, -0.1) is 10.2 Å². The van der Waals surface area contributed by atoms with Crippen LogP contribution in [0.3, 0.4) is 0 Å². The highest BCUT2D eigenvalue weighted by Crippen LogP contribution is 2.44. The van der Waals surface area contributed by atoms with Crippen LogP contribution in [-0.4, -0.2) is 41.0 Å². The van der Waals surface area contributed by atoms with Gasteiger partial charge in [0.1, 0.15) is 22.5 Å². The first-order valence-corrected chi connectivity index (χ1v) is 12.2. The summed E-state index contributed by atoms with van der Waals surface area (Å²) >= 11 is 13.1. The Kier molecular flexibility index (Phi) is 5.51. The zero-order valence-electron chi connectivity index (χ0n) is 19.8. The lowest BCUT2D eigenvalue weighted by Crippen LogP contribution is -1.97. The number of rotatable bonds is 4. The predicted octanol–water partition coefficient (Wildman–Crippen LogP) is 6.49. The number of aromatic hydroxyl groups is 2. The molecule has 6 rings (SSSR count). The molecule has 0 saturated carbocycles. The van der Waals surface area contributed by atoms with Crippen molar-refractivity contribution in [2.24, 2.45) is 0 Å². The number of aromatic nitrogens is 6. The maximum Gasteiger partial charge on any atom is 0.127 e. The number of hydrogen-bond donors (Lipinski definition) is 4. The summed E-state index contributed by atoms with van der Waals surface area (Å²) in [4.78, 5) is 0. The van der Waals surface area contributed by atoms with Gasteiger partial charge in [-0.3, -0.25) is 10.2 Å².